The number of ether oxygens (including phenoxy) is 1. The number of hydrogen-bond donors (Lipinski definition) is 3. The monoisotopic (exact) mass is 488 g/mol. The summed E-state index contributed by atoms with van der Waals surface area (Å²) in [7, 11) is 0. The number of H-pyrrole nitrogens is 1. The van der Waals surface area contributed by atoms with E-state index in [0.717, 1.165) is 32.1 Å². The lowest BCUT2D eigenvalue weighted by atomic mass is 9.95. The summed E-state index contributed by atoms with van der Waals surface area (Å²) in [5.41, 5.74) is 1.37. The zero-order valence-corrected chi connectivity index (χ0v) is 19.3. The van der Waals surface area contributed by atoms with Gasteiger partial charge in [-0.2, -0.15) is 13.2 Å². The highest BCUT2D eigenvalue weighted by molar-refractivity contribution is 6.07. The summed E-state index contributed by atoms with van der Waals surface area (Å²) in [6.45, 7) is 0.276. The zero-order chi connectivity index (χ0) is 25.0. The van der Waals surface area contributed by atoms with Crippen LogP contribution in [0.4, 0.5) is 18.9 Å². The molecular weight excluding hydrogens is 461 g/mol. The van der Waals surface area contributed by atoms with Gasteiger partial charge in [0, 0.05) is 11.6 Å². The van der Waals surface area contributed by atoms with Crippen molar-refractivity contribution in [1.29, 1.82) is 0 Å². The summed E-state index contributed by atoms with van der Waals surface area (Å²) in [6.07, 6.45) is 0.558. The van der Waals surface area contributed by atoms with E-state index in [4.69, 9.17) is 4.74 Å². The number of nitrogens with one attached hydrogen (secondary N) is 3. The van der Waals surface area contributed by atoms with E-state index < -0.39 is 18.7 Å². The molecule has 0 bridgehead atoms. The normalized spacial score (nSPS) is 14.6. The molecule has 4 rings (SSSR count). The van der Waals surface area contributed by atoms with Gasteiger partial charge in [0.15, 0.2) is 12.4 Å². The van der Waals surface area contributed by atoms with Crippen LogP contribution in [0.2, 0.25) is 0 Å². The first-order valence-electron chi connectivity index (χ1n) is 11.7. The number of halogens is 3. The maximum Gasteiger partial charge on any atom is 0.422 e. The molecule has 0 atom stereocenters. The summed E-state index contributed by atoms with van der Waals surface area (Å²) in [4.78, 5) is 33.1. The Bertz CT molecular complexity index is 1200. The molecule has 0 radical (unpaired) electrons. The van der Waals surface area contributed by atoms with Gasteiger partial charge in [0.2, 0.25) is 0 Å². The first kappa shape index (κ1) is 24.6. The van der Waals surface area contributed by atoms with Crippen LogP contribution in [0.25, 0.3) is 11.0 Å². The van der Waals surface area contributed by atoms with Crippen LogP contribution < -0.4 is 15.4 Å². The van der Waals surface area contributed by atoms with E-state index in [1.54, 1.807) is 30.3 Å². The first-order valence-corrected chi connectivity index (χ1v) is 11.7. The van der Waals surface area contributed by atoms with Gasteiger partial charge < -0.3 is 20.4 Å². The van der Waals surface area contributed by atoms with Crippen molar-refractivity contribution in [3.05, 3.63) is 53.3 Å². The maximum atomic E-state index is 13.0. The van der Waals surface area contributed by atoms with E-state index >= 15 is 0 Å². The molecule has 0 spiro atoms. The standard InChI is InChI=1S/C25H27F3N4O3/c1-2-18-19(31-23(33)15-9-5-3-6-10-15)13-17-21(35-14-25(26,27)28)20(32-22(17)30-18)24(34)29-16-11-7-4-8-12-16/h3,5-6,9-10,13,16H,2,4,7-8,11-12,14H2,1H3,(H,29,34)(H,30,32)(H,31,33). The lowest BCUT2D eigenvalue weighted by Gasteiger charge is -2.22. The van der Waals surface area contributed by atoms with E-state index in [1.807, 2.05) is 6.92 Å². The minimum atomic E-state index is -4.60. The first-order chi connectivity index (χ1) is 16.7. The third-order valence-electron chi connectivity index (χ3n) is 5.98. The average Bonchev–Trinajstić information content (AvgIpc) is 3.20. The third-order valence-corrected chi connectivity index (χ3v) is 5.98. The number of nitrogens with zero attached hydrogens (tertiary/aromatic N) is 1. The summed E-state index contributed by atoms with van der Waals surface area (Å²) in [6, 6.07) is 9.99. The molecule has 1 aliphatic carbocycles. The lowest BCUT2D eigenvalue weighted by molar-refractivity contribution is -0.153. The second-order valence-electron chi connectivity index (χ2n) is 8.59. The number of carbonyl (C=O) groups is 2. The molecular formula is C25H27F3N4O3. The topological polar surface area (TPSA) is 96.1 Å². The van der Waals surface area contributed by atoms with Crippen LogP contribution in [0.3, 0.4) is 0 Å². The number of amides is 2. The largest absolute Gasteiger partial charge is 0.481 e. The van der Waals surface area contributed by atoms with Gasteiger partial charge in [0.25, 0.3) is 11.8 Å². The van der Waals surface area contributed by atoms with Gasteiger partial charge in [0.1, 0.15) is 11.3 Å². The number of rotatable bonds is 7. The third kappa shape index (κ3) is 5.93. The Balaban J connectivity index is 1.71. The van der Waals surface area contributed by atoms with Gasteiger partial charge in [0.05, 0.1) is 16.8 Å². The minimum absolute atomic E-state index is 0.0435. The van der Waals surface area contributed by atoms with Crippen molar-refractivity contribution in [2.75, 3.05) is 11.9 Å². The average molecular weight is 489 g/mol. The summed E-state index contributed by atoms with van der Waals surface area (Å²) in [5, 5.41) is 5.87. The number of aryl methyl sites for hydroxylation is 1. The van der Waals surface area contributed by atoms with Crippen molar-refractivity contribution in [2.45, 2.75) is 57.7 Å². The fourth-order valence-electron chi connectivity index (χ4n) is 4.26. The van der Waals surface area contributed by atoms with Crippen molar-refractivity contribution in [2.24, 2.45) is 0 Å². The van der Waals surface area contributed by atoms with Crippen LogP contribution in [0, 0.1) is 0 Å². The van der Waals surface area contributed by atoms with Gasteiger partial charge >= 0.3 is 6.18 Å². The Kier molecular flexibility index (Phi) is 7.28. The van der Waals surface area contributed by atoms with E-state index in [9.17, 15) is 22.8 Å². The van der Waals surface area contributed by atoms with Crippen LogP contribution in [-0.2, 0) is 6.42 Å². The molecule has 2 aromatic heterocycles. The van der Waals surface area contributed by atoms with Gasteiger partial charge in [-0.15, -0.1) is 0 Å². The van der Waals surface area contributed by atoms with Crippen LogP contribution >= 0.6 is 0 Å². The number of alkyl halides is 3. The zero-order valence-electron chi connectivity index (χ0n) is 19.3. The quantitative estimate of drug-likeness (QED) is 0.416. The number of carbonyl (C=O) groups excluding carboxylic acids is 2. The predicted molar refractivity (Wildman–Crippen MR) is 126 cm³/mol. The molecule has 3 N–H and O–H groups in total. The number of aromatic nitrogens is 2. The lowest BCUT2D eigenvalue weighted by Crippen LogP contribution is -2.36. The van der Waals surface area contributed by atoms with Crippen molar-refractivity contribution in [1.82, 2.24) is 15.3 Å². The van der Waals surface area contributed by atoms with Gasteiger partial charge in [-0.25, -0.2) is 4.98 Å². The molecule has 0 unspecified atom stereocenters. The highest BCUT2D eigenvalue weighted by atomic mass is 19.4. The molecule has 2 amide bonds. The fraction of sp³-hybridized carbons (Fsp3) is 0.400. The molecule has 0 aliphatic heterocycles. The summed E-state index contributed by atoms with van der Waals surface area (Å²) in [5.74, 6) is -1.17. The Morgan fingerprint density at radius 2 is 1.83 bits per heavy atom. The minimum Gasteiger partial charge on any atom is -0.481 e. The van der Waals surface area contributed by atoms with Crippen molar-refractivity contribution >= 4 is 28.5 Å². The molecule has 1 saturated carbocycles. The Labute approximate surface area is 200 Å². The molecule has 1 aliphatic rings. The SMILES string of the molecule is CCc1nc2[nH]c(C(=O)NC3CCCCC3)c(OCC(F)(F)F)c2cc1NC(=O)c1ccccc1. The summed E-state index contributed by atoms with van der Waals surface area (Å²) >= 11 is 0. The van der Waals surface area contributed by atoms with Gasteiger partial charge in [-0.05, 0) is 37.5 Å². The molecule has 0 saturated heterocycles. The number of pyridine rings is 1. The second kappa shape index (κ2) is 10.4. The van der Waals surface area contributed by atoms with E-state index in [1.165, 1.54) is 6.07 Å². The van der Waals surface area contributed by atoms with Crippen LogP contribution in [0.1, 0.15) is 65.6 Å². The molecule has 1 fully saturated rings. The molecule has 35 heavy (non-hydrogen) atoms. The van der Waals surface area contributed by atoms with Crippen molar-refractivity contribution < 1.29 is 27.5 Å². The molecule has 1 aromatic carbocycles. The highest BCUT2D eigenvalue weighted by Crippen LogP contribution is 2.34. The van der Waals surface area contributed by atoms with Gasteiger partial charge in [-0.1, -0.05) is 44.4 Å². The predicted octanol–water partition coefficient (Wildman–Crippen LogP) is 5.38. The van der Waals surface area contributed by atoms with Crippen molar-refractivity contribution in [3.63, 3.8) is 0 Å². The Hall–Kier alpha value is -3.56. The molecule has 2 heterocycles. The van der Waals surface area contributed by atoms with Crippen molar-refractivity contribution in [3.8, 4) is 5.75 Å². The van der Waals surface area contributed by atoms with E-state index in [-0.39, 0.29) is 34.4 Å². The van der Waals surface area contributed by atoms with E-state index in [0.29, 0.717) is 23.4 Å². The number of benzene rings is 1. The Morgan fingerprint density at radius 3 is 2.49 bits per heavy atom. The van der Waals surface area contributed by atoms with E-state index in [2.05, 4.69) is 20.6 Å². The van der Waals surface area contributed by atoms with Crippen LogP contribution in [0.15, 0.2) is 36.4 Å². The summed E-state index contributed by atoms with van der Waals surface area (Å²) < 4.78 is 44.1. The Morgan fingerprint density at radius 1 is 1.11 bits per heavy atom. The molecule has 3 aromatic rings. The highest BCUT2D eigenvalue weighted by Gasteiger charge is 2.31. The second-order valence-corrected chi connectivity index (χ2v) is 8.59. The number of anilines is 1. The number of hydrogen-bond acceptors (Lipinski definition) is 4. The van der Waals surface area contributed by atoms with Crippen LogP contribution in [0.5, 0.6) is 5.75 Å². The van der Waals surface area contributed by atoms with Crippen LogP contribution in [-0.4, -0.2) is 40.6 Å². The maximum absolute atomic E-state index is 13.0. The number of fused-ring (bicyclic) bond motifs is 1. The number of aromatic amines is 1. The molecule has 186 valence electrons. The smallest absolute Gasteiger partial charge is 0.422 e. The van der Waals surface area contributed by atoms with Gasteiger partial charge in [-0.3, -0.25) is 9.59 Å². The molecule has 7 nitrogen and oxygen atoms in total. The molecule has 10 heteroatoms. The fourth-order valence-corrected chi connectivity index (χ4v) is 4.26.